The highest BCUT2D eigenvalue weighted by molar-refractivity contribution is 5.69. The highest BCUT2D eigenvalue weighted by Crippen LogP contribution is 1.98. The molecule has 0 radical (unpaired) electrons. The molecule has 0 bridgehead atoms. The summed E-state index contributed by atoms with van der Waals surface area (Å²) >= 11 is 0. The topological polar surface area (TPSA) is 26.3 Å². The molecule has 0 atom stereocenters. The normalized spacial score (nSPS) is 9.23. The predicted octanol–water partition coefficient (Wildman–Crippen LogP) is 2.38. The van der Waals surface area contributed by atoms with Crippen LogP contribution in [0.5, 0.6) is 0 Å². The number of unbranched alkanes of at least 4 members (excludes halogenated alkanes) is 1. The molecule has 0 rings (SSSR count). The lowest BCUT2D eigenvalue weighted by atomic mass is 10.1. The van der Waals surface area contributed by atoms with Gasteiger partial charge in [-0.3, -0.25) is 4.79 Å². The molecule has 0 saturated heterocycles. The first-order chi connectivity index (χ1) is 6.16. The smallest absolute Gasteiger partial charge is 0.305 e. The first-order valence-corrected chi connectivity index (χ1v) is 4.69. The maximum atomic E-state index is 10.7. The van der Waals surface area contributed by atoms with Gasteiger partial charge in [0.25, 0.3) is 0 Å². The minimum absolute atomic E-state index is 0.148. The second kappa shape index (κ2) is 7.67. The maximum Gasteiger partial charge on any atom is 0.305 e. The summed E-state index contributed by atoms with van der Waals surface area (Å²) in [6.45, 7) is 4.28. The van der Waals surface area contributed by atoms with Crippen LogP contribution >= 0.6 is 0 Å². The quantitative estimate of drug-likeness (QED) is 0.379. The molecular weight excluding hydrogens is 164 g/mol. The van der Waals surface area contributed by atoms with Gasteiger partial charge in [0.05, 0.1) is 7.11 Å². The van der Waals surface area contributed by atoms with E-state index < -0.39 is 0 Å². The minimum atomic E-state index is -0.148. The van der Waals surface area contributed by atoms with Gasteiger partial charge in [-0.2, -0.15) is 0 Å². The SMILES string of the molecule is COC(=O)CCCC#CCC(C)C. The van der Waals surface area contributed by atoms with Crippen molar-refractivity contribution in [1.29, 1.82) is 0 Å². The van der Waals surface area contributed by atoms with Crippen LogP contribution < -0.4 is 0 Å². The van der Waals surface area contributed by atoms with E-state index in [0.29, 0.717) is 12.3 Å². The molecule has 2 nitrogen and oxygen atoms in total. The molecule has 0 N–H and O–H groups in total. The van der Waals surface area contributed by atoms with Crippen molar-refractivity contribution < 1.29 is 9.53 Å². The zero-order valence-electron chi connectivity index (χ0n) is 8.72. The van der Waals surface area contributed by atoms with E-state index in [1.807, 2.05) is 0 Å². The molecule has 0 aliphatic rings. The lowest BCUT2D eigenvalue weighted by Gasteiger charge is -1.95. The molecule has 0 aliphatic carbocycles. The molecule has 2 heteroatoms. The second-order valence-electron chi connectivity index (χ2n) is 3.38. The summed E-state index contributed by atoms with van der Waals surface area (Å²) in [5.74, 6) is 6.60. The van der Waals surface area contributed by atoms with Gasteiger partial charge in [0, 0.05) is 19.3 Å². The Hall–Kier alpha value is -0.970. The Morgan fingerprint density at radius 1 is 1.38 bits per heavy atom. The van der Waals surface area contributed by atoms with Gasteiger partial charge >= 0.3 is 5.97 Å². The molecule has 0 aromatic heterocycles. The number of hydrogen-bond donors (Lipinski definition) is 0. The molecule has 13 heavy (non-hydrogen) atoms. The second-order valence-corrected chi connectivity index (χ2v) is 3.38. The summed E-state index contributed by atoms with van der Waals surface area (Å²) in [6, 6.07) is 0. The van der Waals surface area contributed by atoms with Gasteiger partial charge < -0.3 is 4.74 Å². The summed E-state index contributed by atoms with van der Waals surface area (Å²) in [4.78, 5) is 10.7. The van der Waals surface area contributed by atoms with Crippen LogP contribution in [0.3, 0.4) is 0 Å². The van der Waals surface area contributed by atoms with Gasteiger partial charge in [0.15, 0.2) is 0 Å². The molecule has 0 aliphatic heterocycles. The van der Waals surface area contributed by atoms with Crippen molar-refractivity contribution in [3.8, 4) is 11.8 Å². The van der Waals surface area contributed by atoms with E-state index in [0.717, 1.165) is 19.3 Å². The van der Waals surface area contributed by atoms with Crippen molar-refractivity contribution in [2.45, 2.75) is 39.5 Å². The lowest BCUT2D eigenvalue weighted by molar-refractivity contribution is -0.140. The van der Waals surface area contributed by atoms with E-state index in [-0.39, 0.29) is 5.97 Å². The minimum Gasteiger partial charge on any atom is -0.469 e. The van der Waals surface area contributed by atoms with E-state index in [1.54, 1.807) is 0 Å². The number of carbonyl (C=O) groups excluding carboxylic acids is 1. The van der Waals surface area contributed by atoms with Crippen LogP contribution in [0.4, 0.5) is 0 Å². The predicted molar refractivity (Wildman–Crippen MR) is 53.1 cm³/mol. The van der Waals surface area contributed by atoms with Crippen LogP contribution in [0, 0.1) is 17.8 Å². The van der Waals surface area contributed by atoms with Crippen molar-refractivity contribution in [3.05, 3.63) is 0 Å². The van der Waals surface area contributed by atoms with Gasteiger partial charge in [-0.15, -0.1) is 11.8 Å². The summed E-state index contributed by atoms with van der Waals surface area (Å²) < 4.78 is 4.51. The van der Waals surface area contributed by atoms with Gasteiger partial charge in [-0.05, 0) is 12.3 Å². The Bertz CT molecular complexity index is 196. The molecular formula is C11H18O2. The fourth-order valence-corrected chi connectivity index (χ4v) is 0.788. The third-order valence-corrected chi connectivity index (χ3v) is 1.55. The molecule has 0 amide bonds. The molecule has 0 heterocycles. The highest BCUT2D eigenvalue weighted by atomic mass is 16.5. The van der Waals surface area contributed by atoms with Gasteiger partial charge in [0.1, 0.15) is 0 Å². The Kier molecular flexibility index (Phi) is 7.10. The van der Waals surface area contributed by atoms with E-state index in [1.165, 1.54) is 7.11 Å². The first kappa shape index (κ1) is 12.0. The first-order valence-electron chi connectivity index (χ1n) is 4.69. The molecule has 0 saturated carbocycles. The number of rotatable bonds is 4. The Labute approximate surface area is 80.7 Å². The van der Waals surface area contributed by atoms with E-state index in [9.17, 15) is 4.79 Å². The van der Waals surface area contributed by atoms with Gasteiger partial charge in [-0.25, -0.2) is 0 Å². The molecule has 0 aromatic carbocycles. The van der Waals surface area contributed by atoms with Crippen LogP contribution in [0.2, 0.25) is 0 Å². The van der Waals surface area contributed by atoms with Crippen molar-refractivity contribution in [1.82, 2.24) is 0 Å². The number of methoxy groups -OCH3 is 1. The van der Waals surface area contributed by atoms with E-state index >= 15 is 0 Å². The number of hydrogen-bond acceptors (Lipinski definition) is 2. The van der Waals surface area contributed by atoms with Crippen molar-refractivity contribution in [3.63, 3.8) is 0 Å². The lowest BCUT2D eigenvalue weighted by Crippen LogP contribution is -1.98. The van der Waals surface area contributed by atoms with Gasteiger partial charge in [0.2, 0.25) is 0 Å². The Morgan fingerprint density at radius 3 is 2.62 bits per heavy atom. The fourth-order valence-electron chi connectivity index (χ4n) is 0.788. The summed E-state index contributed by atoms with van der Waals surface area (Å²) in [7, 11) is 1.41. The standard InChI is InChI=1S/C11H18O2/c1-10(2)8-6-4-5-7-9-11(12)13-3/h10H,5,7-9H2,1-3H3. The maximum absolute atomic E-state index is 10.7. The third-order valence-electron chi connectivity index (χ3n) is 1.55. The number of ether oxygens (including phenoxy) is 1. The summed E-state index contributed by atoms with van der Waals surface area (Å²) in [5.41, 5.74) is 0. The van der Waals surface area contributed by atoms with Crippen molar-refractivity contribution in [2.75, 3.05) is 7.11 Å². The monoisotopic (exact) mass is 182 g/mol. The van der Waals surface area contributed by atoms with Crippen molar-refractivity contribution in [2.24, 2.45) is 5.92 Å². The van der Waals surface area contributed by atoms with Crippen LogP contribution in [-0.2, 0) is 9.53 Å². The summed E-state index contributed by atoms with van der Waals surface area (Å²) in [6.07, 6.45) is 3.02. The zero-order valence-corrected chi connectivity index (χ0v) is 8.72. The number of carbonyl (C=O) groups is 1. The molecule has 0 spiro atoms. The van der Waals surface area contributed by atoms with E-state index in [4.69, 9.17) is 0 Å². The average Bonchev–Trinajstić information content (AvgIpc) is 2.10. The largest absolute Gasteiger partial charge is 0.469 e. The zero-order chi connectivity index (χ0) is 10.1. The van der Waals surface area contributed by atoms with Crippen LogP contribution in [0.1, 0.15) is 39.5 Å². The molecule has 0 unspecified atom stereocenters. The van der Waals surface area contributed by atoms with Crippen molar-refractivity contribution >= 4 is 5.97 Å². The van der Waals surface area contributed by atoms with Gasteiger partial charge in [-0.1, -0.05) is 13.8 Å². The fraction of sp³-hybridized carbons (Fsp3) is 0.727. The molecule has 0 aromatic rings. The van der Waals surface area contributed by atoms with E-state index in [2.05, 4.69) is 30.4 Å². The average molecular weight is 182 g/mol. The number of esters is 1. The highest BCUT2D eigenvalue weighted by Gasteiger charge is 1.96. The Morgan fingerprint density at radius 2 is 2.08 bits per heavy atom. The van der Waals surface area contributed by atoms with Crippen LogP contribution in [0.25, 0.3) is 0 Å². The van der Waals surface area contributed by atoms with Crippen LogP contribution in [0.15, 0.2) is 0 Å². The third kappa shape index (κ3) is 8.94. The molecule has 0 fully saturated rings. The Balaban J connectivity index is 3.32. The molecule has 74 valence electrons. The van der Waals surface area contributed by atoms with Crippen LogP contribution in [-0.4, -0.2) is 13.1 Å². The summed E-state index contributed by atoms with van der Waals surface area (Å²) in [5, 5.41) is 0.